The van der Waals surface area contributed by atoms with Gasteiger partial charge in [0.15, 0.2) is 5.69 Å². The van der Waals surface area contributed by atoms with Crippen LogP contribution in [0.1, 0.15) is 10.5 Å². The molecular weight excluding hydrogens is 232 g/mol. The lowest BCUT2D eigenvalue weighted by Gasteiger charge is -2.06. The van der Waals surface area contributed by atoms with Gasteiger partial charge in [-0.2, -0.15) is 5.10 Å². The summed E-state index contributed by atoms with van der Waals surface area (Å²) >= 11 is 0. The summed E-state index contributed by atoms with van der Waals surface area (Å²) in [4.78, 5) is 19.0. The maximum absolute atomic E-state index is 11.1. The van der Waals surface area contributed by atoms with Crippen LogP contribution in [0.2, 0.25) is 0 Å². The molecule has 1 N–H and O–H groups in total. The van der Waals surface area contributed by atoms with Gasteiger partial charge in [0.2, 0.25) is 0 Å². The molecule has 3 aromatic rings. The van der Waals surface area contributed by atoms with Gasteiger partial charge in [0, 0.05) is 5.39 Å². The molecule has 0 aliphatic carbocycles. The smallest absolute Gasteiger partial charge is 0.354 e. The maximum atomic E-state index is 11.1. The fourth-order valence-corrected chi connectivity index (χ4v) is 1.79. The fraction of sp³-hybridized carbons (Fsp3) is 0. The lowest BCUT2D eigenvalue weighted by atomic mass is 10.1. The third-order valence-corrected chi connectivity index (χ3v) is 2.58. The van der Waals surface area contributed by atoms with Gasteiger partial charge in [-0.25, -0.2) is 19.4 Å². The number of carboxylic acids is 1. The van der Waals surface area contributed by atoms with Crippen LogP contribution < -0.4 is 0 Å². The molecule has 0 amide bonds. The van der Waals surface area contributed by atoms with Crippen LogP contribution in [0.15, 0.2) is 43.0 Å². The fourth-order valence-electron chi connectivity index (χ4n) is 1.79. The zero-order chi connectivity index (χ0) is 12.5. The first kappa shape index (κ1) is 10.4. The Morgan fingerprint density at radius 3 is 2.83 bits per heavy atom. The highest BCUT2D eigenvalue weighted by Gasteiger charge is 2.12. The molecule has 0 fully saturated rings. The highest BCUT2D eigenvalue weighted by Crippen LogP contribution is 2.21. The number of pyridine rings is 1. The van der Waals surface area contributed by atoms with E-state index in [9.17, 15) is 4.79 Å². The first-order valence-corrected chi connectivity index (χ1v) is 5.24. The second kappa shape index (κ2) is 3.92. The van der Waals surface area contributed by atoms with Gasteiger partial charge < -0.3 is 5.11 Å². The van der Waals surface area contributed by atoms with E-state index in [1.165, 1.54) is 23.4 Å². The SMILES string of the molecule is O=C(O)c1cc(-n2cncn2)c2ccccc2n1. The minimum absolute atomic E-state index is 0.0146. The van der Waals surface area contributed by atoms with E-state index >= 15 is 0 Å². The van der Waals surface area contributed by atoms with Gasteiger partial charge in [-0.1, -0.05) is 18.2 Å². The largest absolute Gasteiger partial charge is 0.477 e. The van der Waals surface area contributed by atoms with E-state index < -0.39 is 5.97 Å². The number of hydrogen-bond donors (Lipinski definition) is 1. The van der Waals surface area contributed by atoms with Crippen LogP contribution in [-0.2, 0) is 0 Å². The second-order valence-corrected chi connectivity index (χ2v) is 3.69. The van der Waals surface area contributed by atoms with Crippen molar-refractivity contribution in [1.82, 2.24) is 19.7 Å². The molecule has 0 atom stereocenters. The molecule has 2 heterocycles. The normalized spacial score (nSPS) is 10.7. The molecule has 0 aliphatic rings. The van der Waals surface area contributed by atoms with Gasteiger partial charge in [-0.3, -0.25) is 0 Å². The van der Waals surface area contributed by atoms with Crippen molar-refractivity contribution in [3.05, 3.63) is 48.7 Å². The highest BCUT2D eigenvalue weighted by molar-refractivity contribution is 5.94. The van der Waals surface area contributed by atoms with E-state index in [4.69, 9.17) is 5.11 Å². The van der Waals surface area contributed by atoms with Gasteiger partial charge in [-0.05, 0) is 12.1 Å². The van der Waals surface area contributed by atoms with Crippen molar-refractivity contribution < 1.29 is 9.90 Å². The van der Waals surface area contributed by atoms with E-state index in [1.807, 2.05) is 18.2 Å². The first-order valence-electron chi connectivity index (χ1n) is 5.24. The van der Waals surface area contributed by atoms with Crippen molar-refractivity contribution >= 4 is 16.9 Å². The lowest BCUT2D eigenvalue weighted by Crippen LogP contribution is -2.04. The molecule has 0 spiro atoms. The van der Waals surface area contributed by atoms with Crippen molar-refractivity contribution in [3.63, 3.8) is 0 Å². The number of fused-ring (bicyclic) bond motifs is 1. The molecule has 18 heavy (non-hydrogen) atoms. The van der Waals surface area contributed by atoms with Gasteiger partial charge in [-0.15, -0.1) is 0 Å². The predicted octanol–water partition coefficient (Wildman–Crippen LogP) is 1.51. The molecule has 0 radical (unpaired) electrons. The van der Waals surface area contributed by atoms with E-state index in [1.54, 1.807) is 6.07 Å². The molecule has 0 saturated carbocycles. The Balaban J connectivity index is 2.37. The molecule has 2 aromatic heterocycles. The van der Waals surface area contributed by atoms with Crippen LogP contribution >= 0.6 is 0 Å². The molecule has 0 aliphatic heterocycles. The van der Waals surface area contributed by atoms with Gasteiger partial charge in [0.25, 0.3) is 0 Å². The zero-order valence-corrected chi connectivity index (χ0v) is 9.19. The Hall–Kier alpha value is -2.76. The summed E-state index contributed by atoms with van der Waals surface area (Å²) < 4.78 is 1.52. The van der Waals surface area contributed by atoms with Crippen molar-refractivity contribution in [1.29, 1.82) is 0 Å². The number of nitrogens with zero attached hydrogens (tertiary/aromatic N) is 4. The Morgan fingerprint density at radius 1 is 1.28 bits per heavy atom. The molecule has 6 heteroatoms. The number of hydrogen-bond acceptors (Lipinski definition) is 4. The average Bonchev–Trinajstić information content (AvgIpc) is 2.91. The lowest BCUT2D eigenvalue weighted by molar-refractivity contribution is 0.0691. The molecule has 6 nitrogen and oxygen atoms in total. The monoisotopic (exact) mass is 240 g/mol. The second-order valence-electron chi connectivity index (χ2n) is 3.69. The molecule has 0 bridgehead atoms. The van der Waals surface area contributed by atoms with Crippen LogP contribution in [0.4, 0.5) is 0 Å². The summed E-state index contributed by atoms with van der Waals surface area (Å²) in [5.41, 5.74) is 1.25. The van der Waals surface area contributed by atoms with Crippen LogP contribution in [0.5, 0.6) is 0 Å². The number of para-hydroxylation sites is 1. The summed E-state index contributed by atoms with van der Waals surface area (Å²) in [6, 6.07) is 8.80. The highest BCUT2D eigenvalue weighted by atomic mass is 16.4. The number of aromatic nitrogens is 4. The summed E-state index contributed by atoms with van der Waals surface area (Å²) in [7, 11) is 0. The number of benzene rings is 1. The van der Waals surface area contributed by atoms with Crippen LogP contribution in [0.3, 0.4) is 0 Å². The average molecular weight is 240 g/mol. The minimum Gasteiger partial charge on any atom is -0.477 e. The molecule has 0 saturated heterocycles. The Labute approximate surface area is 102 Å². The van der Waals surface area contributed by atoms with E-state index in [0.29, 0.717) is 11.2 Å². The van der Waals surface area contributed by atoms with Crippen molar-refractivity contribution in [2.75, 3.05) is 0 Å². The molecular formula is C12H8N4O2. The van der Waals surface area contributed by atoms with Crippen molar-refractivity contribution in [2.24, 2.45) is 0 Å². The predicted molar refractivity (Wildman–Crippen MR) is 63.6 cm³/mol. The Morgan fingerprint density at radius 2 is 2.11 bits per heavy atom. The summed E-state index contributed by atoms with van der Waals surface area (Å²) in [5, 5.41) is 13.9. The molecule has 88 valence electrons. The summed E-state index contributed by atoms with van der Waals surface area (Å²) in [5.74, 6) is -1.07. The van der Waals surface area contributed by atoms with Crippen LogP contribution in [-0.4, -0.2) is 30.8 Å². The number of carboxylic acid groups (broad SMARTS) is 1. The molecule has 1 aromatic carbocycles. The minimum atomic E-state index is -1.07. The first-order chi connectivity index (χ1) is 8.75. The molecule has 0 unspecified atom stereocenters. The van der Waals surface area contributed by atoms with E-state index in [2.05, 4.69) is 15.1 Å². The Kier molecular flexibility index (Phi) is 2.26. The number of aromatic carboxylic acids is 1. The zero-order valence-electron chi connectivity index (χ0n) is 9.19. The van der Waals surface area contributed by atoms with Gasteiger partial charge in [0.1, 0.15) is 12.7 Å². The molecule has 3 rings (SSSR count). The van der Waals surface area contributed by atoms with E-state index in [0.717, 1.165) is 5.39 Å². The topological polar surface area (TPSA) is 80.9 Å². The third kappa shape index (κ3) is 1.60. The van der Waals surface area contributed by atoms with Crippen molar-refractivity contribution in [2.45, 2.75) is 0 Å². The number of carbonyl (C=O) groups is 1. The van der Waals surface area contributed by atoms with Crippen LogP contribution in [0, 0.1) is 0 Å². The Bertz CT molecular complexity index is 722. The quantitative estimate of drug-likeness (QED) is 0.734. The van der Waals surface area contributed by atoms with Gasteiger partial charge >= 0.3 is 5.97 Å². The summed E-state index contributed by atoms with van der Waals surface area (Å²) in [6.07, 6.45) is 2.92. The summed E-state index contributed by atoms with van der Waals surface area (Å²) in [6.45, 7) is 0. The standard InChI is InChI=1S/C12H8N4O2/c17-12(18)10-5-11(16-7-13-6-14-16)8-3-1-2-4-9(8)15-10/h1-7H,(H,17,18). The van der Waals surface area contributed by atoms with E-state index in [-0.39, 0.29) is 5.69 Å². The van der Waals surface area contributed by atoms with Gasteiger partial charge in [0.05, 0.1) is 11.2 Å². The van der Waals surface area contributed by atoms with Crippen LogP contribution in [0.25, 0.3) is 16.6 Å². The number of rotatable bonds is 2. The van der Waals surface area contributed by atoms with Crippen molar-refractivity contribution in [3.8, 4) is 5.69 Å². The maximum Gasteiger partial charge on any atom is 0.354 e. The third-order valence-electron chi connectivity index (χ3n) is 2.58.